The standard InChI is InChI=1S/C13H18BrClFN/c1-13(2,6-7-15)9-17-8-10-4-3-5-11(16)12(10)14/h3-5,17H,6-9H2,1-2H3. The molecule has 96 valence electrons. The average molecular weight is 323 g/mol. The smallest absolute Gasteiger partial charge is 0.137 e. The van der Waals surface area contributed by atoms with E-state index in [-0.39, 0.29) is 11.2 Å². The Balaban J connectivity index is 2.49. The molecule has 17 heavy (non-hydrogen) atoms. The van der Waals surface area contributed by atoms with Crippen LogP contribution >= 0.6 is 27.5 Å². The summed E-state index contributed by atoms with van der Waals surface area (Å²) in [6.45, 7) is 5.86. The Morgan fingerprint density at radius 1 is 1.41 bits per heavy atom. The third-order valence-corrected chi connectivity index (χ3v) is 3.80. The van der Waals surface area contributed by atoms with Crippen molar-refractivity contribution >= 4 is 27.5 Å². The van der Waals surface area contributed by atoms with Gasteiger partial charge in [-0.25, -0.2) is 4.39 Å². The highest BCUT2D eigenvalue weighted by Gasteiger charge is 2.16. The summed E-state index contributed by atoms with van der Waals surface area (Å²) >= 11 is 9.00. The lowest BCUT2D eigenvalue weighted by Crippen LogP contribution is -2.29. The van der Waals surface area contributed by atoms with E-state index < -0.39 is 0 Å². The number of hydrogen-bond donors (Lipinski definition) is 1. The Morgan fingerprint density at radius 3 is 2.76 bits per heavy atom. The van der Waals surface area contributed by atoms with Gasteiger partial charge in [0.25, 0.3) is 0 Å². The first-order valence-electron chi connectivity index (χ1n) is 5.66. The van der Waals surface area contributed by atoms with Crippen LogP contribution in [0.3, 0.4) is 0 Å². The number of benzene rings is 1. The molecule has 0 bridgehead atoms. The normalized spacial score (nSPS) is 11.8. The Kier molecular flexibility index (Phi) is 5.90. The van der Waals surface area contributed by atoms with Crippen LogP contribution in [0, 0.1) is 11.2 Å². The van der Waals surface area contributed by atoms with E-state index in [4.69, 9.17) is 11.6 Å². The minimum Gasteiger partial charge on any atom is -0.312 e. The summed E-state index contributed by atoms with van der Waals surface area (Å²) in [6.07, 6.45) is 0.964. The Morgan fingerprint density at radius 2 is 2.12 bits per heavy atom. The van der Waals surface area contributed by atoms with Crippen molar-refractivity contribution < 1.29 is 4.39 Å². The fourth-order valence-corrected chi connectivity index (χ4v) is 2.48. The molecule has 1 aromatic rings. The van der Waals surface area contributed by atoms with Crippen LogP contribution in [-0.4, -0.2) is 12.4 Å². The van der Waals surface area contributed by atoms with E-state index in [2.05, 4.69) is 35.1 Å². The van der Waals surface area contributed by atoms with E-state index in [9.17, 15) is 4.39 Å². The minimum absolute atomic E-state index is 0.168. The summed E-state index contributed by atoms with van der Waals surface area (Å²) in [4.78, 5) is 0. The molecule has 0 amide bonds. The largest absolute Gasteiger partial charge is 0.312 e. The third-order valence-electron chi connectivity index (χ3n) is 2.72. The molecule has 0 saturated heterocycles. The lowest BCUT2D eigenvalue weighted by atomic mass is 9.90. The molecule has 1 rings (SSSR count). The van der Waals surface area contributed by atoms with Gasteiger partial charge in [0, 0.05) is 19.0 Å². The van der Waals surface area contributed by atoms with Gasteiger partial charge >= 0.3 is 0 Å². The van der Waals surface area contributed by atoms with Crippen LogP contribution < -0.4 is 5.32 Å². The first-order valence-corrected chi connectivity index (χ1v) is 6.98. The van der Waals surface area contributed by atoms with Crippen molar-refractivity contribution in [1.29, 1.82) is 0 Å². The van der Waals surface area contributed by atoms with Crippen molar-refractivity contribution in [2.75, 3.05) is 12.4 Å². The molecule has 0 aliphatic carbocycles. The van der Waals surface area contributed by atoms with E-state index >= 15 is 0 Å². The number of hydrogen-bond acceptors (Lipinski definition) is 1. The lowest BCUT2D eigenvalue weighted by molar-refractivity contribution is 0.329. The summed E-state index contributed by atoms with van der Waals surface area (Å²) < 4.78 is 13.8. The molecule has 0 atom stereocenters. The van der Waals surface area contributed by atoms with Crippen molar-refractivity contribution in [3.05, 3.63) is 34.1 Å². The van der Waals surface area contributed by atoms with Gasteiger partial charge in [0.15, 0.2) is 0 Å². The molecule has 1 N–H and O–H groups in total. The van der Waals surface area contributed by atoms with Gasteiger partial charge < -0.3 is 5.32 Å². The molecule has 0 unspecified atom stereocenters. The van der Waals surface area contributed by atoms with Crippen LogP contribution in [0.1, 0.15) is 25.8 Å². The van der Waals surface area contributed by atoms with E-state index in [0.717, 1.165) is 18.5 Å². The summed E-state index contributed by atoms with van der Waals surface area (Å²) in [5.74, 6) is 0.447. The van der Waals surface area contributed by atoms with Gasteiger partial charge in [-0.05, 0) is 39.4 Å². The molecule has 0 aliphatic heterocycles. The second-order valence-electron chi connectivity index (χ2n) is 4.92. The van der Waals surface area contributed by atoms with Gasteiger partial charge in [-0.1, -0.05) is 26.0 Å². The predicted molar refractivity (Wildman–Crippen MR) is 74.9 cm³/mol. The second kappa shape index (κ2) is 6.72. The van der Waals surface area contributed by atoms with Crippen LogP contribution in [0.15, 0.2) is 22.7 Å². The summed E-state index contributed by atoms with van der Waals surface area (Å²) in [6, 6.07) is 5.08. The zero-order valence-electron chi connectivity index (χ0n) is 10.2. The van der Waals surface area contributed by atoms with Crippen molar-refractivity contribution in [2.45, 2.75) is 26.8 Å². The van der Waals surface area contributed by atoms with E-state index in [1.54, 1.807) is 6.07 Å². The van der Waals surface area contributed by atoms with Crippen molar-refractivity contribution in [2.24, 2.45) is 5.41 Å². The van der Waals surface area contributed by atoms with Gasteiger partial charge in [-0.2, -0.15) is 0 Å². The van der Waals surface area contributed by atoms with Gasteiger partial charge in [-0.15, -0.1) is 11.6 Å². The quantitative estimate of drug-likeness (QED) is 0.769. The molecule has 1 aromatic carbocycles. The topological polar surface area (TPSA) is 12.0 Å². The fraction of sp³-hybridized carbons (Fsp3) is 0.538. The Labute approximate surface area is 116 Å². The molecule has 0 heterocycles. The highest BCUT2D eigenvalue weighted by Crippen LogP contribution is 2.22. The minimum atomic E-state index is -0.218. The number of nitrogens with one attached hydrogen (secondary N) is 1. The number of alkyl halides is 1. The van der Waals surface area contributed by atoms with Crippen molar-refractivity contribution in [3.8, 4) is 0 Å². The SMILES string of the molecule is CC(C)(CCCl)CNCc1cccc(F)c1Br. The molecule has 0 aliphatic rings. The summed E-state index contributed by atoms with van der Waals surface area (Å²) in [7, 11) is 0. The van der Waals surface area contributed by atoms with E-state index in [1.165, 1.54) is 6.07 Å². The maximum atomic E-state index is 13.3. The molecule has 1 nitrogen and oxygen atoms in total. The summed E-state index contributed by atoms with van der Waals surface area (Å²) in [5, 5.41) is 3.34. The zero-order chi connectivity index (χ0) is 12.9. The van der Waals surface area contributed by atoms with Gasteiger partial charge in [0.1, 0.15) is 5.82 Å². The molecular weight excluding hydrogens is 305 g/mol. The Bertz CT molecular complexity index is 368. The van der Waals surface area contributed by atoms with E-state index in [0.29, 0.717) is 16.9 Å². The number of rotatable bonds is 6. The fourth-order valence-electron chi connectivity index (χ4n) is 1.56. The number of halogens is 3. The Hall–Kier alpha value is -0.120. The van der Waals surface area contributed by atoms with Gasteiger partial charge in [0.2, 0.25) is 0 Å². The second-order valence-corrected chi connectivity index (χ2v) is 6.09. The third kappa shape index (κ3) is 4.94. The molecule has 0 fully saturated rings. The highest BCUT2D eigenvalue weighted by molar-refractivity contribution is 9.10. The van der Waals surface area contributed by atoms with Crippen LogP contribution in [0.5, 0.6) is 0 Å². The highest BCUT2D eigenvalue weighted by atomic mass is 79.9. The predicted octanol–water partition coefficient (Wildman–Crippen LogP) is 4.33. The van der Waals surface area contributed by atoms with Crippen LogP contribution in [-0.2, 0) is 6.54 Å². The van der Waals surface area contributed by atoms with Gasteiger partial charge in [-0.3, -0.25) is 0 Å². The molecular formula is C13H18BrClFN. The molecule has 0 saturated carbocycles. The molecule has 0 aromatic heterocycles. The molecule has 4 heteroatoms. The summed E-state index contributed by atoms with van der Waals surface area (Å²) in [5.41, 5.74) is 1.10. The lowest BCUT2D eigenvalue weighted by Gasteiger charge is -2.24. The van der Waals surface area contributed by atoms with Gasteiger partial charge in [0.05, 0.1) is 4.47 Å². The van der Waals surface area contributed by atoms with Crippen molar-refractivity contribution in [1.82, 2.24) is 5.32 Å². The van der Waals surface area contributed by atoms with Crippen LogP contribution in [0.2, 0.25) is 0 Å². The van der Waals surface area contributed by atoms with Crippen LogP contribution in [0.25, 0.3) is 0 Å². The molecule has 0 spiro atoms. The maximum Gasteiger partial charge on any atom is 0.137 e. The molecule has 0 radical (unpaired) electrons. The first kappa shape index (κ1) is 14.9. The average Bonchev–Trinajstić information content (AvgIpc) is 2.24. The van der Waals surface area contributed by atoms with Crippen LogP contribution in [0.4, 0.5) is 4.39 Å². The zero-order valence-corrected chi connectivity index (χ0v) is 12.5. The maximum absolute atomic E-state index is 13.3. The first-order chi connectivity index (χ1) is 7.96. The monoisotopic (exact) mass is 321 g/mol. The van der Waals surface area contributed by atoms with Crippen molar-refractivity contribution in [3.63, 3.8) is 0 Å². The van der Waals surface area contributed by atoms with E-state index in [1.807, 2.05) is 6.07 Å².